The number of nitrogens with zero attached hydrogens (tertiary/aromatic N) is 3. The number of hydrogen-bond donors (Lipinski definition) is 0. The fourth-order valence-corrected chi connectivity index (χ4v) is 2.54. The second-order valence-corrected chi connectivity index (χ2v) is 4.75. The van der Waals surface area contributed by atoms with E-state index in [-0.39, 0.29) is 5.82 Å². The van der Waals surface area contributed by atoms with Crippen molar-refractivity contribution in [1.82, 2.24) is 14.5 Å². The van der Waals surface area contributed by atoms with Gasteiger partial charge in [0.15, 0.2) is 0 Å². The van der Waals surface area contributed by atoms with Crippen LogP contribution in [0.25, 0.3) is 6.20 Å². The van der Waals surface area contributed by atoms with Crippen LogP contribution in [-0.4, -0.2) is 14.5 Å². The van der Waals surface area contributed by atoms with Gasteiger partial charge in [-0.05, 0) is 24.1 Å². The summed E-state index contributed by atoms with van der Waals surface area (Å²) in [5.41, 5.74) is 2.31. The second kappa shape index (κ2) is 4.88. The zero-order valence-electron chi connectivity index (χ0n) is 10.8. The van der Waals surface area contributed by atoms with Gasteiger partial charge >= 0.3 is 0 Å². The number of benzene rings is 1. The minimum Gasteiger partial charge on any atom is -0.363 e. The Kier molecular flexibility index (Phi) is 3.07. The maximum Gasteiger partial charge on any atom is 0.123 e. The highest BCUT2D eigenvalue weighted by Crippen LogP contribution is 2.29. The molecule has 0 saturated carbocycles. The molecule has 98 valence electrons. The molecule has 0 unspecified atom stereocenters. The van der Waals surface area contributed by atoms with Gasteiger partial charge in [0, 0.05) is 18.9 Å². The summed E-state index contributed by atoms with van der Waals surface area (Å²) in [6, 6.07) is 7.00. The Hall–Kier alpha value is -2.10. The van der Waals surface area contributed by atoms with Gasteiger partial charge in [0.1, 0.15) is 5.82 Å². The molecule has 3 nitrogen and oxygen atoms in total. The maximum atomic E-state index is 12.9. The van der Waals surface area contributed by atoms with Crippen molar-refractivity contribution in [2.45, 2.75) is 25.9 Å². The fourth-order valence-electron chi connectivity index (χ4n) is 2.54. The lowest BCUT2D eigenvalue weighted by molar-refractivity contribution is 0.252. The number of aromatic nitrogens is 2. The molecular weight excluding hydrogens is 241 g/mol. The van der Waals surface area contributed by atoms with E-state index in [4.69, 9.17) is 0 Å². The van der Waals surface area contributed by atoms with E-state index in [0.717, 1.165) is 18.5 Å². The molecular formula is C15H16FN3. The quantitative estimate of drug-likeness (QED) is 0.840. The number of imidazole rings is 1. The van der Waals surface area contributed by atoms with Gasteiger partial charge in [-0.1, -0.05) is 19.1 Å². The van der Waals surface area contributed by atoms with Crippen molar-refractivity contribution in [3.63, 3.8) is 0 Å². The van der Waals surface area contributed by atoms with Crippen molar-refractivity contribution >= 4 is 6.20 Å². The maximum absolute atomic E-state index is 12.9. The number of halogens is 1. The molecule has 1 aromatic carbocycles. The Morgan fingerprint density at radius 3 is 2.74 bits per heavy atom. The van der Waals surface area contributed by atoms with E-state index in [1.54, 1.807) is 0 Å². The standard InChI is InChI=1S/C15H16FN3/c1-2-14-15-9-17-11-19(15)8-7-18(14)10-12-3-5-13(16)6-4-12/h3-9,11,14H,2,10H2,1H3/t14-/m0/s1. The van der Waals surface area contributed by atoms with Crippen molar-refractivity contribution in [2.24, 2.45) is 0 Å². The third kappa shape index (κ3) is 2.26. The molecule has 1 atom stereocenters. The molecule has 1 aromatic heterocycles. The Bertz CT molecular complexity index is 586. The Labute approximate surface area is 112 Å². The predicted octanol–water partition coefficient (Wildman–Crippen LogP) is 3.42. The lowest BCUT2D eigenvalue weighted by Gasteiger charge is -2.33. The van der Waals surface area contributed by atoms with Crippen LogP contribution < -0.4 is 0 Å². The summed E-state index contributed by atoms with van der Waals surface area (Å²) in [4.78, 5) is 6.46. The van der Waals surface area contributed by atoms with Gasteiger partial charge in [0.05, 0.1) is 24.3 Å². The zero-order valence-corrected chi connectivity index (χ0v) is 10.8. The van der Waals surface area contributed by atoms with E-state index in [0.29, 0.717) is 6.04 Å². The summed E-state index contributed by atoms with van der Waals surface area (Å²) in [7, 11) is 0. The minimum atomic E-state index is -0.192. The molecule has 2 aromatic rings. The van der Waals surface area contributed by atoms with Crippen molar-refractivity contribution in [1.29, 1.82) is 0 Å². The largest absolute Gasteiger partial charge is 0.363 e. The van der Waals surface area contributed by atoms with Crippen LogP contribution in [0.15, 0.2) is 43.0 Å². The molecule has 0 spiro atoms. The average molecular weight is 257 g/mol. The third-order valence-corrected chi connectivity index (χ3v) is 3.52. The Morgan fingerprint density at radius 1 is 1.21 bits per heavy atom. The normalized spacial score (nSPS) is 17.6. The lowest BCUT2D eigenvalue weighted by Crippen LogP contribution is -2.27. The van der Waals surface area contributed by atoms with Crippen LogP contribution in [0.3, 0.4) is 0 Å². The van der Waals surface area contributed by atoms with Crippen LogP contribution in [-0.2, 0) is 6.54 Å². The monoisotopic (exact) mass is 257 g/mol. The van der Waals surface area contributed by atoms with Crippen LogP contribution in [0.2, 0.25) is 0 Å². The van der Waals surface area contributed by atoms with Gasteiger partial charge in [0.2, 0.25) is 0 Å². The first-order chi connectivity index (χ1) is 9.28. The lowest BCUT2D eigenvalue weighted by atomic mass is 10.1. The van der Waals surface area contributed by atoms with E-state index in [1.807, 2.05) is 30.9 Å². The van der Waals surface area contributed by atoms with Gasteiger partial charge in [-0.25, -0.2) is 9.37 Å². The third-order valence-electron chi connectivity index (χ3n) is 3.52. The topological polar surface area (TPSA) is 21.1 Å². The molecule has 0 N–H and O–H groups in total. The first kappa shape index (κ1) is 12.0. The van der Waals surface area contributed by atoms with Crippen LogP contribution in [0.5, 0.6) is 0 Å². The molecule has 0 saturated heterocycles. The summed E-state index contributed by atoms with van der Waals surface area (Å²) in [6.45, 7) is 2.94. The summed E-state index contributed by atoms with van der Waals surface area (Å²) in [6.07, 6.45) is 8.83. The number of hydrogen-bond acceptors (Lipinski definition) is 2. The highest BCUT2D eigenvalue weighted by molar-refractivity contribution is 5.32. The molecule has 4 heteroatoms. The predicted molar refractivity (Wildman–Crippen MR) is 72.5 cm³/mol. The molecule has 0 aliphatic carbocycles. The van der Waals surface area contributed by atoms with Crippen LogP contribution in [0.1, 0.15) is 30.6 Å². The highest BCUT2D eigenvalue weighted by atomic mass is 19.1. The summed E-state index contributed by atoms with van der Waals surface area (Å²) in [5, 5.41) is 0. The first-order valence-corrected chi connectivity index (χ1v) is 6.48. The molecule has 0 bridgehead atoms. The molecule has 0 amide bonds. The number of rotatable bonds is 3. The van der Waals surface area contributed by atoms with Crippen LogP contribution in [0.4, 0.5) is 4.39 Å². The van der Waals surface area contributed by atoms with E-state index >= 15 is 0 Å². The van der Waals surface area contributed by atoms with Gasteiger partial charge < -0.3 is 9.47 Å². The minimum absolute atomic E-state index is 0.192. The van der Waals surface area contributed by atoms with E-state index in [1.165, 1.54) is 17.8 Å². The summed E-state index contributed by atoms with van der Waals surface area (Å²) < 4.78 is 15.0. The van der Waals surface area contributed by atoms with Gasteiger partial charge in [-0.2, -0.15) is 0 Å². The van der Waals surface area contributed by atoms with Gasteiger partial charge in [0.25, 0.3) is 0 Å². The SMILES string of the molecule is CC[C@H]1c2cncn2C=CN1Cc1ccc(F)cc1. The number of fused-ring (bicyclic) bond motifs is 1. The van der Waals surface area contributed by atoms with E-state index in [2.05, 4.69) is 27.6 Å². The van der Waals surface area contributed by atoms with Crippen molar-refractivity contribution in [3.05, 3.63) is 60.1 Å². The molecule has 2 heterocycles. The Morgan fingerprint density at radius 2 is 2.00 bits per heavy atom. The smallest absolute Gasteiger partial charge is 0.123 e. The first-order valence-electron chi connectivity index (χ1n) is 6.48. The molecule has 3 rings (SSSR count). The molecule has 0 fully saturated rings. The zero-order chi connectivity index (χ0) is 13.2. The van der Waals surface area contributed by atoms with E-state index in [9.17, 15) is 4.39 Å². The summed E-state index contributed by atoms with van der Waals surface area (Å²) in [5.74, 6) is -0.192. The molecule has 1 aliphatic heterocycles. The van der Waals surface area contributed by atoms with Gasteiger partial charge in [-0.3, -0.25) is 0 Å². The molecule has 0 radical (unpaired) electrons. The van der Waals surface area contributed by atoms with Crippen molar-refractivity contribution in [3.8, 4) is 0 Å². The van der Waals surface area contributed by atoms with Crippen LogP contribution >= 0.6 is 0 Å². The van der Waals surface area contributed by atoms with Crippen molar-refractivity contribution < 1.29 is 4.39 Å². The molecule has 19 heavy (non-hydrogen) atoms. The fraction of sp³-hybridized carbons (Fsp3) is 0.267. The average Bonchev–Trinajstić information content (AvgIpc) is 2.89. The van der Waals surface area contributed by atoms with Crippen LogP contribution in [0, 0.1) is 5.82 Å². The van der Waals surface area contributed by atoms with Gasteiger partial charge in [-0.15, -0.1) is 0 Å². The van der Waals surface area contributed by atoms with E-state index < -0.39 is 0 Å². The van der Waals surface area contributed by atoms with Crippen molar-refractivity contribution in [2.75, 3.05) is 0 Å². The highest BCUT2D eigenvalue weighted by Gasteiger charge is 2.22. The summed E-state index contributed by atoms with van der Waals surface area (Å²) >= 11 is 0. The Balaban J connectivity index is 1.83. The second-order valence-electron chi connectivity index (χ2n) is 4.75. The molecule has 1 aliphatic rings.